The van der Waals surface area contributed by atoms with Crippen molar-refractivity contribution < 1.29 is 4.39 Å². The fourth-order valence-corrected chi connectivity index (χ4v) is 2.50. The van der Waals surface area contributed by atoms with Gasteiger partial charge in [-0.05, 0) is 18.2 Å². The van der Waals surface area contributed by atoms with Gasteiger partial charge in [0.05, 0.1) is 4.34 Å². The van der Waals surface area contributed by atoms with E-state index < -0.39 is 0 Å². The Balaban J connectivity index is 2.88. The summed E-state index contributed by atoms with van der Waals surface area (Å²) in [4.78, 5) is 0. The Labute approximate surface area is 82.5 Å². The third kappa shape index (κ3) is 1.30. The number of fused-ring (bicyclic) bond motifs is 1. The summed E-state index contributed by atoms with van der Waals surface area (Å²) in [5.41, 5.74) is 0. The SMILES string of the molecule is Fc1cc(Cl)cc2sc(Cl)cc12. The standard InChI is InChI=1S/C8H3Cl2FS/c9-4-1-6(11)5-3-8(10)12-7(5)2-4/h1-3H. The van der Waals surface area contributed by atoms with Gasteiger partial charge >= 0.3 is 0 Å². The van der Waals surface area contributed by atoms with Gasteiger partial charge in [0.15, 0.2) is 0 Å². The van der Waals surface area contributed by atoms with E-state index in [-0.39, 0.29) is 5.82 Å². The summed E-state index contributed by atoms with van der Waals surface area (Å²) in [7, 11) is 0. The summed E-state index contributed by atoms with van der Waals surface area (Å²) < 4.78 is 14.5. The molecule has 62 valence electrons. The van der Waals surface area contributed by atoms with Crippen molar-refractivity contribution in [3.63, 3.8) is 0 Å². The minimum absolute atomic E-state index is 0.319. The summed E-state index contributed by atoms with van der Waals surface area (Å²) in [5.74, 6) is -0.319. The lowest BCUT2D eigenvalue weighted by molar-refractivity contribution is 0.640. The minimum Gasteiger partial charge on any atom is -0.206 e. The molecule has 0 aliphatic rings. The summed E-state index contributed by atoms with van der Waals surface area (Å²) >= 11 is 12.7. The topological polar surface area (TPSA) is 0 Å². The lowest BCUT2D eigenvalue weighted by atomic mass is 10.2. The van der Waals surface area contributed by atoms with Gasteiger partial charge in [-0.25, -0.2) is 4.39 Å². The van der Waals surface area contributed by atoms with Crippen LogP contribution in [-0.2, 0) is 0 Å². The van der Waals surface area contributed by atoms with Gasteiger partial charge in [-0.2, -0.15) is 0 Å². The monoisotopic (exact) mass is 220 g/mol. The van der Waals surface area contributed by atoms with Gasteiger partial charge in [0.1, 0.15) is 5.82 Å². The predicted molar refractivity (Wildman–Crippen MR) is 51.8 cm³/mol. The Bertz CT molecular complexity index is 436. The molecule has 0 unspecified atom stereocenters. The molecule has 12 heavy (non-hydrogen) atoms. The summed E-state index contributed by atoms with van der Waals surface area (Å²) in [6.45, 7) is 0. The van der Waals surface area contributed by atoms with Crippen LogP contribution in [0, 0.1) is 5.82 Å². The van der Waals surface area contributed by atoms with Crippen molar-refractivity contribution in [2.45, 2.75) is 0 Å². The zero-order valence-corrected chi connectivity index (χ0v) is 8.10. The Kier molecular flexibility index (Phi) is 1.99. The smallest absolute Gasteiger partial charge is 0.133 e. The first-order valence-electron chi connectivity index (χ1n) is 3.21. The highest BCUT2D eigenvalue weighted by Gasteiger charge is 2.05. The normalized spacial score (nSPS) is 10.9. The average Bonchev–Trinajstić information content (AvgIpc) is 2.29. The number of hydrogen-bond acceptors (Lipinski definition) is 1. The maximum Gasteiger partial charge on any atom is 0.133 e. The van der Waals surface area contributed by atoms with Crippen LogP contribution in [0.15, 0.2) is 18.2 Å². The second-order valence-corrected chi connectivity index (χ2v) is 4.50. The highest BCUT2D eigenvalue weighted by molar-refractivity contribution is 7.22. The Morgan fingerprint density at radius 1 is 1.17 bits per heavy atom. The summed E-state index contributed by atoms with van der Waals surface area (Å²) in [6, 6.07) is 4.59. The van der Waals surface area contributed by atoms with E-state index in [1.54, 1.807) is 12.1 Å². The van der Waals surface area contributed by atoms with Crippen LogP contribution in [0.1, 0.15) is 0 Å². The highest BCUT2D eigenvalue weighted by atomic mass is 35.5. The van der Waals surface area contributed by atoms with Crippen molar-refractivity contribution >= 4 is 44.6 Å². The number of halogens is 3. The van der Waals surface area contributed by atoms with E-state index in [0.29, 0.717) is 14.7 Å². The third-order valence-electron chi connectivity index (χ3n) is 1.52. The highest BCUT2D eigenvalue weighted by Crippen LogP contribution is 2.33. The maximum atomic E-state index is 13.1. The lowest BCUT2D eigenvalue weighted by Crippen LogP contribution is -1.73. The van der Waals surface area contributed by atoms with E-state index in [9.17, 15) is 4.39 Å². The minimum atomic E-state index is -0.319. The molecule has 0 N–H and O–H groups in total. The molecule has 1 heterocycles. The van der Waals surface area contributed by atoms with E-state index in [4.69, 9.17) is 23.2 Å². The fourth-order valence-electron chi connectivity index (χ4n) is 1.03. The molecule has 0 spiro atoms. The first-order valence-corrected chi connectivity index (χ1v) is 4.78. The zero-order valence-electron chi connectivity index (χ0n) is 5.77. The third-order valence-corrected chi connectivity index (χ3v) is 2.95. The molecule has 2 aromatic rings. The van der Waals surface area contributed by atoms with E-state index in [2.05, 4.69) is 0 Å². The van der Waals surface area contributed by atoms with Gasteiger partial charge in [-0.15, -0.1) is 11.3 Å². The Hall–Kier alpha value is -0.310. The van der Waals surface area contributed by atoms with Crippen molar-refractivity contribution in [3.8, 4) is 0 Å². The van der Waals surface area contributed by atoms with Crippen LogP contribution in [0.25, 0.3) is 10.1 Å². The molecule has 0 aliphatic carbocycles. The second kappa shape index (κ2) is 2.87. The van der Waals surface area contributed by atoms with Crippen LogP contribution < -0.4 is 0 Å². The van der Waals surface area contributed by atoms with Crippen molar-refractivity contribution in [2.24, 2.45) is 0 Å². The first-order chi connectivity index (χ1) is 5.66. The van der Waals surface area contributed by atoms with Crippen molar-refractivity contribution in [1.29, 1.82) is 0 Å². The number of benzene rings is 1. The second-order valence-electron chi connectivity index (χ2n) is 2.35. The van der Waals surface area contributed by atoms with Gasteiger partial charge < -0.3 is 0 Å². The molecule has 0 aliphatic heterocycles. The molecule has 0 bridgehead atoms. The molecule has 0 atom stereocenters. The predicted octanol–water partition coefficient (Wildman–Crippen LogP) is 4.35. The molecule has 0 fully saturated rings. The fraction of sp³-hybridized carbons (Fsp3) is 0. The Morgan fingerprint density at radius 3 is 2.67 bits per heavy atom. The number of hydrogen-bond donors (Lipinski definition) is 0. The Morgan fingerprint density at radius 2 is 1.92 bits per heavy atom. The molecule has 1 aromatic heterocycles. The number of rotatable bonds is 0. The van der Waals surface area contributed by atoms with Gasteiger partial charge in [-0.3, -0.25) is 0 Å². The molecular weight excluding hydrogens is 218 g/mol. The van der Waals surface area contributed by atoms with Gasteiger partial charge in [-0.1, -0.05) is 23.2 Å². The lowest BCUT2D eigenvalue weighted by Gasteiger charge is -1.92. The van der Waals surface area contributed by atoms with E-state index in [0.717, 1.165) is 4.70 Å². The van der Waals surface area contributed by atoms with Crippen LogP contribution >= 0.6 is 34.5 Å². The molecule has 2 rings (SSSR count). The van der Waals surface area contributed by atoms with Crippen LogP contribution in [0.5, 0.6) is 0 Å². The van der Waals surface area contributed by atoms with Gasteiger partial charge in [0.25, 0.3) is 0 Å². The van der Waals surface area contributed by atoms with E-state index in [1.165, 1.54) is 17.4 Å². The van der Waals surface area contributed by atoms with E-state index in [1.807, 2.05) is 0 Å². The molecule has 0 nitrogen and oxygen atoms in total. The maximum absolute atomic E-state index is 13.1. The van der Waals surface area contributed by atoms with Crippen LogP contribution in [0.2, 0.25) is 9.36 Å². The van der Waals surface area contributed by atoms with Crippen molar-refractivity contribution in [1.82, 2.24) is 0 Å². The largest absolute Gasteiger partial charge is 0.206 e. The van der Waals surface area contributed by atoms with E-state index >= 15 is 0 Å². The first kappa shape index (κ1) is 8.30. The summed E-state index contributed by atoms with van der Waals surface area (Å²) in [5, 5.41) is 0.938. The number of thiophene rings is 1. The van der Waals surface area contributed by atoms with Crippen LogP contribution in [0.3, 0.4) is 0 Å². The van der Waals surface area contributed by atoms with Gasteiger partial charge in [0.2, 0.25) is 0 Å². The molecular formula is C8H3Cl2FS. The molecule has 4 heteroatoms. The molecule has 0 amide bonds. The zero-order chi connectivity index (χ0) is 8.72. The van der Waals surface area contributed by atoms with Crippen LogP contribution in [-0.4, -0.2) is 0 Å². The summed E-state index contributed by atoms with van der Waals surface area (Å²) in [6.07, 6.45) is 0. The van der Waals surface area contributed by atoms with Gasteiger partial charge in [0, 0.05) is 15.1 Å². The molecule has 0 saturated heterocycles. The molecule has 0 radical (unpaired) electrons. The van der Waals surface area contributed by atoms with Crippen LogP contribution in [0.4, 0.5) is 4.39 Å². The quantitative estimate of drug-likeness (QED) is 0.620. The van der Waals surface area contributed by atoms with Crippen molar-refractivity contribution in [3.05, 3.63) is 33.4 Å². The average molecular weight is 221 g/mol. The van der Waals surface area contributed by atoms with Crippen molar-refractivity contribution in [2.75, 3.05) is 0 Å². The molecule has 0 saturated carbocycles. The molecule has 1 aromatic carbocycles.